The Labute approximate surface area is 132 Å². The van der Waals surface area contributed by atoms with Gasteiger partial charge in [-0.25, -0.2) is 4.98 Å². The van der Waals surface area contributed by atoms with Gasteiger partial charge >= 0.3 is 0 Å². The molecule has 0 fully saturated rings. The molecule has 0 bridgehead atoms. The summed E-state index contributed by atoms with van der Waals surface area (Å²) in [6, 6.07) is 5.64. The van der Waals surface area contributed by atoms with Crippen molar-refractivity contribution in [3.63, 3.8) is 0 Å². The highest BCUT2D eigenvalue weighted by atomic mass is 127. The first-order valence-electron chi connectivity index (χ1n) is 5.02. The van der Waals surface area contributed by atoms with Crippen LogP contribution in [0.25, 0.3) is 0 Å². The third-order valence-electron chi connectivity index (χ3n) is 2.15. The Bertz CT molecular complexity index is 579. The molecular formula is C11H9BrClIN4. The van der Waals surface area contributed by atoms with Gasteiger partial charge in [-0.15, -0.1) is 0 Å². The molecule has 0 amide bonds. The van der Waals surface area contributed by atoms with Crippen LogP contribution in [-0.4, -0.2) is 17.0 Å². The molecule has 2 N–H and O–H groups in total. The van der Waals surface area contributed by atoms with Gasteiger partial charge in [0.1, 0.15) is 5.82 Å². The molecule has 0 aliphatic rings. The highest BCUT2D eigenvalue weighted by Gasteiger charge is 2.07. The van der Waals surface area contributed by atoms with E-state index in [1.165, 1.54) is 0 Å². The lowest BCUT2D eigenvalue weighted by Gasteiger charge is -2.10. The van der Waals surface area contributed by atoms with Crippen molar-refractivity contribution in [1.29, 1.82) is 0 Å². The summed E-state index contributed by atoms with van der Waals surface area (Å²) in [6.45, 7) is 0. The summed E-state index contributed by atoms with van der Waals surface area (Å²) >= 11 is 11.6. The monoisotopic (exact) mass is 438 g/mol. The quantitative estimate of drug-likeness (QED) is 0.701. The molecule has 1 heterocycles. The van der Waals surface area contributed by atoms with Crippen LogP contribution in [0.3, 0.4) is 0 Å². The number of rotatable bonds is 3. The van der Waals surface area contributed by atoms with Gasteiger partial charge in [0.15, 0.2) is 0 Å². The molecule has 7 heteroatoms. The lowest BCUT2D eigenvalue weighted by molar-refractivity contribution is 1.14. The number of nitrogens with one attached hydrogen (secondary N) is 2. The van der Waals surface area contributed by atoms with Gasteiger partial charge in [0.25, 0.3) is 0 Å². The van der Waals surface area contributed by atoms with Crippen LogP contribution in [0.15, 0.2) is 28.9 Å². The Hall–Kier alpha value is -0.600. The standard InChI is InChI=1S/C11H9BrClIN4/c1-15-11-16-5-7(12)10(18-11)17-9-3-2-6(13)4-8(9)14/h2-5H,1H3,(H2,15,16,17,18). The highest BCUT2D eigenvalue weighted by Crippen LogP contribution is 2.28. The molecule has 0 aliphatic heterocycles. The van der Waals surface area contributed by atoms with Crippen LogP contribution in [0.4, 0.5) is 17.5 Å². The van der Waals surface area contributed by atoms with Gasteiger partial charge in [-0.1, -0.05) is 11.6 Å². The van der Waals surface area contributed by atoms with E-state index in [4.69, 9.17) is 11.6 Å². The van der Waals surface area contributed by atoms with Gasteiger partial charge in [0, 0.05) is 21.8 Å². The molecule has 0 saturated carbocycles. The minimum absolute atomic E-state index is 0.560. The summed E-state index contributed by atoms with van der Waals surface area (Å²) in [7, 11) is 1.78. The first kappa shape index (κ1) is 13.8. The minimum atomic E-state index is 0.560. The Kier molecular flexibility index (Phi) is 4.63. The zero-order chi connectivity index (χ0) is 13.1. The largest absolute Gasteiger partial charge is 0.357 e. The van der Waals surface area contributed by atoms with E-state index in [0.29, 0.717) is 16.8 Å². The van der Waals surface area contributed by atoms with Crippen molar-refractivity contribution in [2.24, 2.45) is 0 Å². The number of anilines is 3. The van der Waals surface area contributed by atoms with Crippen molar-refractivity contribution in [3.8, 4) is 0 Å². The van der Waals surface area contributed by atoms with Gasteiger partial charge in [-0.05, 0) is 56.7 Å². The van der Waals surface area contributed by atoms with Crippen molar-refractivity contribution >= 4 is 67.6 Å². The van der Waals surface area contributed by atoms with E-state index in [-0.39, 0.29) is 0 Å². The predicted molar refractivity (Wildman–Crippen MR) is 86.7 cm³/mol. The second kappa shape index (κ2) is 6.03. The van der Waals surface area contributed by atoms with Gasteiger partial charge < -0.3 is 10.6 Å². The molecule has 0 radical (unpaired) electrons. The second-order valence-electron chi connectivity index (χ2n) is 3.39. The zero-order valence-electron chi connectivity index (χ0n) is 9.34. The third kappa shape index (κ3) is 3.24. The summed E-state index contributed by atoms with van der Waals surface area (Å²) < 4.78 is 1.82. The number of benzene rings is 1. The normalized spacial score (nSPS) is 10.2. The van der Waals surface area contributed by atoms with Gasteiger partial charge in [-0.2, -0.15) is 4.98 Å². The molecule has 4 nitrogen and oxygen atoms in total. The summed E-state index contributed by atoms with van der Waals surface area (Å²) in [5, 5.41) is 6.85. The van der Waals surface area contributed by atoms with E-state index in [1.54, 1.807) is 13.2 Å². The molecule has 1 aromatic carbocycles. The van der Waals surface area contributed by atoms with E-state index in [1.807, 2.05) is 18.2 Å². The molecule has 2 aromatic rings. The number of nitrogens with zero attached hydrogens (tertiary/aromatic N) is 2. The SMILES string of the molecule is CNc1ncc(Br)c(Nc2ccc(Cl)cc2I)n1. The van der Waals surface area contributed by atoms with Crippen molar-refractivity contribution in [2.75, 3.05) is 17.7 Å². The van der Waals surface area contributed by atoms with E-state index >= 15 is 0 Å². The second-order valence-corrected chi connectivity index (χ2v) is 5.84. The van der Waals surface area contributed by atoms with Crippen LogP contribution >= 0.6 is 50.1 Å². The number of hydrogen-bond acceptors (Lipinski definition) is 4. The maximum absolute atomic E-state index is 5.92. The molecule has 94 valence electrons. The summed E-state index contributed by atoms with van der Waals surface area (Å²) in [6.07, 6.45) is 1.70. The van der Waals surface area contributed by atoms with Crippen LogP contribution in [-0.2, 0) is 0 Å². The molecule has 0 atom stereocenters. The predicted octanol–water partition coefficient (Wildman–Crippen LogP) is 4.28. The van der Waals surface area contributed by atoms with Crippen molar-refractivity contribution < 1.29 is 0 Å². The average Bonchev–Trinajstić information content (AvgIpc) is 2.35. The maximum atomic E-state index is 5.92. The van der Waals surface area contributed by atoms with Crippen molar-refractivity contribution in [2.45, 2.75) is 0 Å². The van der Waals surface area contributed by atoms with Crippen molar-refractivity contribution in [1.82, 2.24) is 9.97 Å². The van der Waals surface area contributed by atoms with Crippen LogP contribution in [0, 0.1) is 3.57 Å². The topological polar surface area (TPSA) is 49.8 Å². The van der Waals surface area contributed by atoms with Crippen LogP contribution in [0.2, 0.25) is 5.02 Å². The van der Waals surface area contributed by atoms with Gasteiger partial charge in [-0.3, -0.25) is 0 Å². The van der Waals surface area contributed by atoms with E-state index in [0.717, 1.165) is 13.7 Å². The Morgan fingerprint density at radius 1 is 1.39 bits per heavy atom. The number of aromatic nitrogens is 2. The molecule has 0 aliphatic carbocycles. The molecule has 0 saturated heterocycles. The van der Waals surface area contributed by atoms with E-state index < -0.39 is 0 Å². The average molecular weight is 439 g/mol. The first-order chi connectivity index (χ1) is 8.60. The molecule has 1 aromatic heterocycles. The lowest BCUT2D eigenvalue weighted by Crippen LogP contribution is -2.02. The van der Waals surface area contributed by atoms with E-state index in [2.05, 4.69) is 59.1 Å². The minimum Gasteiger partial charge on any atom is -0.357 e. The molecule has 2 rings (SSSR count). The fourth-order valence-electron chi connectivity index (χ4n) is 1.29. The smallest absolute Gasteiger partial charge is 0.224 e. The third-order valence-corrected chi connectivity index (χ3v) is 3.86. The molecule has 0 unspecified atom stereocenters. The van der Waals surface area contributed by atoms with Crippen molar-refractivity contribution in [3.05, 3.63) is 37.5 Å². The number of hydrogen-bond donors (Lipinski definition) is 2. The molecule has 0 spiro atoms. The van der Waals surface area contributed by atoms with Crippen LogP contribution in [0.5, 0.6) is 0 Å². The Morgan fingerprint density at radius 2 is 2.17 bits per heavy atom. The fourth-order valence-corrected chi connectivity index (χ4v) is 2.59. The summed E-state index contributed by atoms with van der Waals surface area (Å²) in [5.41, 5.74) is 0.946. The van der Waals surface area contributed by atoms with E-state index in [9.17, 15) is 0 Å². The zero-order valence-corrected chi connectivity index (χ0v) is 13.8. The van der Waals surface area contributed by atoms with Crippen LogP contribution < -0.4 is 10.6 Å². The Morgan fingerprint density at radius 3 is 2.83 bits per heavy atom. The van der Waals surface area contributed by atoms with Gasteiger partial charge in [0.2, 0.25) is 5.95 Å². The Balaban J connectivity index is 2.33. The first-order valence-corrected chi connectivity index (χ1v) is 7.27. The molecule has 18 heavy (non-hydrogen) atoms. The maximum Gasteiger partial charge on any atom is 0.224 e. The molecular weight excluding hydrogens is 430 g/mol. The summed E-state index contributed by atoms with van der Waals surface area (Å²) in [4.78, 5) is 8.44. The highest BCUT2D eigenvalue weighted by molar-refractivity contribution is 14.1. The summed E-state index contributed by atoms with van der Waals surface area (Å²) in [5.74, 6) is 1.26. The van der Waals surface area contributed by atoms with Crippen LogP contribution in [0.1, 0.15) is 0 Å². The van der Waals surface area contributed by atoms with Gasteiger partial charge in [0.05, 0.1) is 10.2 Å². The fraction of sp³-hybridized carbons (Fsp3) is 0.0909. The lowest BCUT2D eigenvalue weighted by atomic mass is 10.3. The number of halogens is 3.